The Kier molecular flexibility index (Phi) is 10.9. The summed E-state index contributed by atoms with van der Waals surface area (Å²) in [4.78, 5) is 20.5. The zero-order valence-corrected chi connectivity index (χ0v) is 12.5. The van der Waals surface area contributed by atoms with E-state index in [2.05, 4.69) is 0 Å². The molecule has 1 unspecified atom stereocenters. The van der Waals surface area contributed by atoms with E-state index in [4.69, 9.17) is 4.74 Å². The maximum Gasteiger partial charge on any atom is 1.00 e. The topological polar surface area (TPSA) is 66.4 Å². The molecule has 1 atom stereocenters. The smallest absolute Gasteiger partial charge is 0.550 e. The van der Waals surface area contributed by atoms with Crippen LogP contribution in [0.5, 0.6) is 0 Å². The molecule has 0 bridgehead atoms. The maximum atomic E-state index is 10.5. The molecule has 0 aliphatic heterocycles. The quantitative estimate of drug-likeness (QED) is 0.496. The Labute approximate surface area is 120 Å². The van der Waals surface area contributed by atoms with Crippen molar-refractivity contribution in [1.82, 2.24) is 0 Å². The van der Waals surface area contributed by atoms with Gasteiger partial charge in [0.1, 0.15) is 5.78 Å². The van der Waals surface area contributed by atoms with Crippen molar-refractivity contribution in [3.63, 3.8) is 0 Å². The van der Waals surface area contributed by atoms with E-state index >= 15 is 0 Å². The van der Waals surface area contributed by atoms with Gasteiger partial charge in [-0.25, -0.2) is 0 Å². The van der Waals surface area contributed by atoms with Crippen LogP contribution in [-0.4, -0.2) is 25.0 Å². The minimum atomic E-state index is -1.20. The Balaban J connectivity index is 0. The van der Waals surface area contributed by atoms with Crippen LogP contribution in [0.2, 0.25) is 0 Å². The van der Waals surface area contributed by atoms with Crippen molar-refractivity contribution in [1.29, 1.82) is 0 Å². The molecule has 0 aliphatic rings. The van der Waals surface area contributed by atoms with Crippen molar-refractivity contribution in [3.05, 3.63) is 0 Å². The van der Waals surface area contributed by atoms with Crippen molar-refractivity contribution in [2.24, 2.45) is 0 Å². The van der Waals surface area contributed by atoms with Gasteiger partial charge in [-0.15, -0.1) is 0 Å². The first kappa shape index (κ1) is 15.4. The van der Waals surface area contributed by atoms with E-state index in [0.717, 1.165) is 0 Å². The summed E-state index contributed by atoms with van der Waals surface area (Å²) in [7, 11) is 1.37. The average Bonchev–Trinajstić information content (AvgIpc) is 1.84. The van der Waals surface area contributed by atoms with Crippen molar-refractivity contribution in [2.75, 3.05) is 7.11 Å². The molecule has 0 rings (SSSR count). The molecule has 0 aromatic rings. The summed E-state index contributed by atoms with van der Waals surface area (Å²) < 4.78 is 4.73. The molecule has 4 nitrogen and oxygen atoms in total. The predicted molar refractivity (Wildman–Crippen MR) is 35.7 cm³/mol. The van der Waals surface area contributed by atoms with Crippen molar-refractivity contribution < 1.29 is 77.6 Å². The number of methoxy groups -OCH3 is 1. The van der Waals surface area contributed by atoms with Gasteiger partial charge in [-0.3, -0.25) is 4.79 Å². The second kappa shape index (κ2) is 8.50. The predicted octanol–water partition coefficient (Wildman–Crippen LogP) is -3.88. The molecule has 5 heteroatoms. The molecule has 0 heterocycles. The summed E-state index contributed by atoms with van der Waals surface area (Å²) in [6, 6.07) is 0. The molecule has 0 spiro atoms. The maximum absolute atomic E-state index is 10.5. The molecular weight excluding hydrogens is 234 g/mol. The molecule has 0 aromatic heterocycles. The molecule has 0 radical (unpaired) electrons. The average molecular weight is 245 g/mol. The molecular formula is C7H11O4Rb. The summed E-state index contributed by atoms with van der Waals surface area (Å²) in [6.45, 7) is 1.39. The van der Waals surface area contributed by atoms with Crippen LogP contribution < -0.4 is 63.3 Å². The molecule has 64 valence electrons. The number of Topliss-reactive ketones (excluding diaryl/α,β-unsaturated/α-hetero) is 1. The number of ether oxygens (including phenoxy) is 1. The van der Waals surface area contributed by atoms with E-state index in [1.54, 1.807) is 0 Å². The van der Waals surface area contributed by atoms with Gasteiger partial charge in [0.25, 0.3) is 0 Å². The number of carboxylic acids is 1. The van der Waals surface area contributed by atoms with E-state index < -0.39 is 12.1 Å². The molecule has 0 saturated heterocycles. The third-order valence-corrected chi connectivity index (χ3v) is 1.24. The Morgan fingerprint density at radius 1 is 1.42 bits per heavy atom. The number of hydrogen-bond acceptors (Lipinski definition) is 4. The molecule has 0 N–H and O–H groups in total. The van der Waals surface area contributed by atoms with E-state index in [1.165, 1.54) is 14.0 Å². The van der Waals surface area contributed by atoms with Gasteiger partial charge in [0.2, 0.25) is 0 Å². The Morgan fingerprint density at radius 2 is 1.92 bits per heavy atom. The number of aliphatic carboxylic acids is 1. The van der Waals surface area contributed by atoms with Gasteiger partial charge in [0.15, 0.2) is 0 Å². The van der Waals surface area contributed by atoms with Gasteiger partial charge in [-0.1, -0.05) is 0 Å². The van der Waals surface area contributed by atoms with Crippen LogP contribution in [0.1, 0.15) is 19.8 Å². The number of carbonyl (C=O) groups is 2. The fourth-order valence-corrected chi connectivity index (χ4v) is 0.745. The fourth-order valence-electron chi connectivity index (χ4n) is 0.745. The second-order valence-electron chi connectivity index (χ2n) is 2.34. The molecule has 0 amide bonds. The SMILES string of the molecule is COC(CC(C)=O)CC(=O)[O-].[Rb+]. The number of rotatable bonds is 5. The molecule has 0 aliphatic carbocycles. The summed E-state index contributed by atoms with van der Waals surface area (Å²) in [5.74, 6) is -1.28. The molecule has 0 saturated carbocycles. The van der Waals surface area contributed by atoms with E-state index in [1.807, 2.05) is 0 Å². The number of ketones is 1. The van der Waals surface area contributed by atoms with Crippen molar-refractivity contribution in [3.8, 4) is 0 Å². The zero-order valence-electron chi connectivity index (χ0n) is 7.62. The fraction of sp³-hybridized carbons (Fsp3) is 0.714. The van der Waals surface area contributed by atoms with Crippen molar-refractivity contribution >= 4 is 11.8 Å². The first-order valence-electron chi connectivity index (χ1n) is 3.28. The minimum absolute atomic E-state index is 0. The van der Waals surface area contributed by atoms with Crippen LogP contribution in [0.3, 0.4) is 0 Å². The van der Waals surface area contributed by atoms with Crippen LogP contribution in [0.25, 0.3) is 0 Å². The van der Waals surface area contributed by atoms with Gasteiger partial charge >= 0.3 is 58.2 Å². The van der Waals surface area contributed by atoms with Gasteiger partial charge in [-0.2, -0.15) is 0 Å². The Hall–Kier alpha value is 0.905. The van der Waals surface area contributed by atoms with E-state index in [9.17, 15) is 14.7 Å². The molecule has 0 aromatic carbocycles. The van der Waals surface area contributed by atoms with Gasteiger partial charge < -0.3 is 14.6 Å². The summed E-state index contributed by atoms with van der Waals surface area (Å²) >= 11 is 0. The van der Waals surface area contributed by atoms with Crippen LogP contribution in [0.4, 0.5) is 0 Å². The minimum Gasteiger partial charge on any atom is -0.550 e. The zero-order chi connectivity index (χ0) is 8.85. The number of hydrogen-bond donors (Lipinski definition) is 0. The van der Waals surface area contributed by atoms with Gasteiger partial charge in [0.05, 0.1) is 6.10 Å². The van der Waals surface area contributed by atoms with Crippen molar-refractivity contribution in [2.45, 2.75) is 25.9 Å². The number of carboxylic acid groups (broad SMARTS) is 1. The molecule has 0 fully saturated rings. The third kappa shape index (κ3) is 9.00. The first-order chi connectivity index (χ1) is 5.06. The Morgan fingerprint density at radius 3 is 2.17 bits per heavy atom. The van der Waals surface area contributed by atoms with E-state index in [-0.39, 0.29) is 76.8 Å². The van der Waals surface area contributed by atoms with E-state index in [0.29, 0.717) is 0 Å². The van der Waals surface area contributed by atoms with Crippen LogP contribution >= 0.6 is 0 Å². The summed E-state index contributed by atoms with van der Waals surface area (Å²) in [5.41, 5.74) is 0. The standard InChI is InChI=1S/C7H12O4.Rb/c1-5(8)3-6(11-2)4-7(9)10;/h6H,3-4H2,1-2H3,(H,9,10);/q;+1/p-1. The summed E-state index contributed by atoms with van der Waals surface area (Å²) in [5, 5.41) is 10.0. The number of carbonyl (C=O) groups excluding carboxylic acids is 2. The largest absolute Gasteiger partial charge is 1.00 e. The normalized spacial score (nSPS) is 11.5. The van der Waals surface area contributed by atoms with Crippen LogP contribution in [0.15, 0.2) is 0 Å². The summed E-state index contributed by atoms with van der Waals surface area (Å²) in [6.07, 6.45) is -0.641. The van der Waals surface area contributed by atoms with Crippen LogP contribution in [-0.2, 0) is 14.3 Å². The van der Waals surface area contributed by atoms with Crippen LogP contribution in [0, 0.1) is 0 Å². The second-order valence-corrected chi connectivity index (χ2v) is 2.34. The molecule has 12 heavy (non-hydrogen) atoms. The Bertz CT molecular complexity index is 141. The van der Waals surface area contributed by atoms with Gasteiger partial charge in [0, 0.05) is 25.9 Å². The first-order valence-corrected chi connectivity index (χ1v) is 3.28. The monoisotopic (exact) mass is 244 g/mol. The third-order valence-electron chi connectivity index (χ3n) is 1.24. The van der Waals surface area contributed by atoms with Gasteiger partial charge in [-0.05, 0) is 6.92 Å².